The van der Waals surface area contributed by atoms with Crippen LogP contribution in [0.15, 0.2) is 18.2 Å². The summed E-state index contributed by atoms with van der Waals surface area (Å²) in [5, 5.41) is 21.6. The highest BCUT2D eigenvalue weighted by molar-refractivity contribution is 5.87. The van der Waals surface area contributed by atoms with Gasteiger partial charge in [0.05, 0.1) is 18.1 Å². The number of hydrogen-bond donors (Lipinski definition) is 2. The van der Waals surface area contributed by atoms with Gasteiger partial charge in [-0.15, -0.1) is 0 Å². The zero-order valence-corrected chi connectivity index (χ0v) is 10.0. The van der Waals surface area contributed by atoms with Crippen LogP contribution in [0.25, 0.3) is 0 Å². The third-order valence-corrected chi connectivity index (χ3v) is 2.80. The van der Waals surface area contributed by atoms with E-state index in [9.17, 15) is 14.9 Å². The van der Waals surface area contributed by atoms with E-state index in [-0.39, 0.29) is 11.4 Å². The van der Waals surface area contributed by atoms with Gasteiger partial charge in [-0.25, -0.2) is 4.79 Å². The van der Waals surface area contributed by atoms with Crippen molar-refractivity contribution in [2.45, 2.75) is 0 Å². The molecule has 102 valence electrons. The van der Waals surface area contributed by atoms with Crippen molar-refractivity contribution in [2.24, 2.45) is 0 Å². The molecule has 1 fully saturated rings. The number of nitrogens with one attached hydrogen (secondary N) is 1. The Morgan fingerprint density at radius 3 is 2.68 bits per heavy atom. The van der Waals surface area contributed by atoms with Crippen LogP contribution in [0.3, 0.4) is 0 Å². The molecule has 0 spiro atoms. The highest BCUT2D eigenvalue weighted by atomic mass is 16.6. The Labute approximate surface area is 108 Å². The van der Waals surface area contributed by atoms with Gasteiger partial charge in [0.2, 0.25) is 0 Å². The number of carbonyl (C=O) groups is 1. The van der Waals surface area contributed by atoms with Crippen molar-refractivity contribution in [3.63, 3.8) is 0 Å². The van der Waals surface area contributed by atoms with E-state index < -0.39 is 11.0 Å². The molecule has 1 saturated heterocycles. The van der Waals surface area contributed by atoms with E-state index in [4.69, 9.17) is 9.84 Å². The molecule has 8 nitrogen and oxygen atoms in total. The Morgan fingerprint density at radius 1 is 1.42 bits per heavy atom. The van der Waals surface area contributed by atoms with Crippen LogP contribution in [0.5, 0.6) is 0 Å². The van der Waals surface area contributed by atoms with E-state index in [1.54, 1.807) is 6.07 Å². The number of amides is 1. The summed E-state index contributed by atoms with van der Waals surface area (Å²) in [6.07, 6.45) is -1.33. The third-order valence-electron chi connectivity index (χ3n) is 2.80. The molecule has 2 rings (SSSR count). The van der Waals surface area contributed by atoms with Crippen LogP contribution in [0.4, 0.5) is 21.9 Å². The van der Waals surface area contributed by atoms with Gasteiger partial charge in [-0.2, -0.15) is 0 Å². The van der Waals surface area contributed by atoms with Gasteiger partial charge in [0.15, 0.2) is 0 Å². The standard InChI is InChI=1S/C11H13N3O5/c15-11(16)12-9-2-1-8(7-10(9)14(17)18)13-3-5-19-6-4-13/h1-2,7,12H,3-6H2,(H,15,16). The minimum Gasteiger partial charge on any atom is -0.465 e. The fraction of sp³-hybridized carbons (Fsp3) is 0.364. The lowest BCUT2D eigenvalue weighted by Gasteiger charge is -2.28. The SMILES string of the molecule is O=C(O)Nc1ccc(N2CCOCC2)cc1[N+](=O)[O-]. The Hall–Kier alpha value is -2.35. The lowest BCUT2D eigenvalue weighted by atomic mass is 10.2. The monoisotopic (exact) mass is 267 g/mol. The van der Waals surface area contributed by atoms with Crippen LogP contribution in [-0.2, 0) is 4.74 Å². The molecule has 0 bridgehead atoms. The van der Waals surface area contributed by atoms with E-state index in [2.05, 4.69) is 0 Å². The van der Waals surface area contributed by atoms with Gasteiger partial charge >= 0.3 is 6.09 Å². The third kappa shape index (κ3) is 3.10. The molecule has 1 heterocycles. The van der Waals surface area contributed by atoms with Crippen LogP contribution >= 0.6 is 0 Å². The van der Waals surface area contributed by atoms with Crippen molar-refractivity contribution < 1.29 is 19.6 Å². The average Bonchev–Trinajstić information content (AvgIpc) is 2.39. The first kappa shape index (κ1) is 13.1. The van der Waals surface area contributed by atoms with Gasteiger partial charge in [0.1, 0.15) is 5.69 Å². The summed E-state index contributed by atoms with van der Waals surface area (Å²) in [5.74, 6) is 0. The molecule has 2 N–H and O–H groups in total. The number of nitrogens with zero attached hydrogens (tertiary/aromatic N) is 2. The topological polar surface area (TPSA) is 105 Å². The molecular formula is C11H13N3O5. The largest absolute Gasteiger partial charge is 0.465 e. The molecule has 1 aliphatic rings. The minimum atomic E-state index is -1.33. The van der Waals surface area contributed by atoms with Gasteiger partial charge in [-0.05, 0) is 12.1 Å². The van der Waals surface area contributed by atoms with Crippen LogP contribution in [-0.4, -0.2) is 42.4 Å². The summed E-state index contributed by atoms with van der Waals surface area (Å²) in [6, 6.07) is 4.43. The predicted molar refractivity (Wildman–Crippen MR) is 67.8 cm³/mol. The Bertz CT molecular complexity index is 499. The Kier molecular flexibility index (Phi) is 3.81. The normalized spacial score (nSPS) is 15.1. The first-order chi connectivity index (χ1) is 9.08. The molecule has 1 aromatic rings. The Morgan fingerprint density at radius 2 is 2.11 bits per heavy atom. The zero-order valence-electron chi connectivity index (χ0n) is 10.0. The zero-order chi connectivity index (χ0) is 13.8. The van der Waals surface area contributed by atoms with Crippen molar-refractivity contribution in [1.82, 2.24) is 0 Å². The second-order valence-corrected chi connectivity index (χ2v) is 3.99. The number of nitro groups is 1. The number of morpholine rings is 1. The second-order valence-electron chi connectivity index (χ2n) is 3.99. The highest BCUT2D eigenvalue weighted by Gasteiger charge is 2.19. The first-order valence-corrected chi connectivity index (χ1v) is 5.69. The molecule has 19 heavy (non-hydrogen) atoms. The highest BCUT2D eigenvalue weighted by Crippen LogP contribution is 2.30. The quantitative estimate of drug-likeness (QED) is 0.635. The maximum Gasteiger partial charge on any atom is 0.409 e. The van der Waals surface area contributed by atoms with Crippen molar-refractivity contribution in [3.8, 4) is 0 Å². The number of anilines is 2. The molecule has 0 aromatic heterocycles. The van der Waals surface area contributed by atoms with Crippen molar-refractivity contribution >= 4 is 23.2 Å². The molecular weight excluding hydrogens is 254 g/mol. The number of nitro benzene ring substituents is 1. The lowest BCUT2D eigenvalue weighted by molar-refractivity contribution is -0.383. The summed E-state index contributed by atoms with van der Waals surface area (Å²) < 4.78 is 5.21. The van der Waals surface area contributed by atoms with Gasteiger partial charge < -0.3 is 14.7 Å². The first-order valence-electron chi connectivity index (χ1n) is 5.69. The van der Waals surface area contributed by atoms with E-state index in [1.807, 2.05) is 10.2 Å². The average molecular weight is 267 g/mol. The van der Waals surface area contributed by atoms with E-state index in [0.29, 0.717) is 32.0 Å². The van der Waals surface area contributed by atoms with Crippen LogP contribution in [0, 0.1) is 10.1 Å². The van der Waals surface area contributed by atoms with Gasteiger partial charge in [0, 0.05) is 24.8 Å². The lowest BCUT2D eigenvalue weighted by Crippen LogP contribution is -2.36. The molecule has 1 aromatic carbocycles. The molecule has 0 unspecified atom stereocenters. The van der Waals surface area contributed by atoms with Gasteiger partial charge in [-0.1, -0.05) is 0 Å². The summed E-state index contributed by atoms with van der Waals surface area (Å²) in [6.45, 7) is 2.46. The van der Waals surface area contributed by atoms with Crippen molar-refractivity contribution in [2.75, 3.05) is 36.5 Å². The second kappa shape index (κ2) is 5.53. The van der Waals surface area contributed by atoms with Crippen LogP contribution in [0.2, 0.25) is 0 Å². The number of hydrogen-bond acceptors (Lipinski definition) is 5. The maximum absolute atomic E-state index is 11.0. The summed E-state index contributed by atoms with van der Waals surface area (Å²) in [5.41, 5.74) is 0.395. The molecule has 8 heteroatoms. The number of ether oxygens (including phenoxy) is 1. The van der Waals surface area contributed by atoms with Gasteiger partial charge in [0.25, 0.3) is 5.69 Å². The molecule has 0 radical (unpaired) electrons. The van der Waals surface area contributed by atoms with E-state index in [0.717, 1.165) is 0 Å². The number of carboxylic acid groups (broad SMARTS) is 1. The summed E-state index contributed by atoms with van der Waals surface area (Å²) in [7, 11) is 0. The summed E-state index contributed by atoms with van der Waals surface area (Å²) in [4.78, 5) is 22.9. The fourth-order valence-electron chi connectivity index (χ4n) is 1.91. The van der Waals surface area contributed by atoms with Crippen LogP contribution in [0.1, 0.15) is 0 Å². The molecule has 1 aliphatic heterocycles. The fourth-order valence-corrected chi connectivity index (χ4v) is 1.91. The van der Waals surface area contributed by atoms with Crippen LogP contribution < -0.4 is 10.2 Å². The molecule has 0 saturated carbocycles. The maximum atomic E-state index is 11.0. The van der Waals surface area contributed by atoms with E-state index >= 15 is 0 Å². The van der Waals surface area contributed by atoms with Crippen molar-refractivity contribution in [3.05, 3.63) is 28.3 Å². The number of rotatable bonds is 3. The van der Waals surface area contributed by atoms with Crippen molar-refractivity contribution in [1.29, 1.82) is 0 Å². The smallest absolute Gasteiger partial charge is 0.409 e. The Balaban J connectivity index is 2.29. The minimum absolute atomic E-state index is 0.0329. The molecule has 1 amide bonds. The van der Waals surface area contributed by atoms with E-state index in [1.165, 1.54) is 12.1 Å². The van der Waals surface area contributed by atoms with Gasteiger partial charge in [-0.3, -0.25) is 15.4 Å². The predicted octanol–water partition coefficient (Wildman–Crippen LogP) is 1.52. The number of benzene rings is 1. The molecule has 0 atom stereocenters. The summed E-state index contributed by atoms with van der Waals surface area (Å²) >= 11 is 0. The molecule has 0 aliphatic carbocycles.